The fourth-order valence-corrected chi connectivity index (χ4v) is 4.02. The zero-order valence-corrected chi connectivity index (χ0v) is 11.7. The molecule has 0 bridgehead atoms. The summed E-state index contributed by atoms with van der Waals surface area (Å²) < 4.78 is 1.24. The van der Waals surface area contributed by atoms with Crippen LogP contribution in [0.15, 0.2) is 18.2 Å². The zero-order valence-electron chi connectivity index (χ0n) is 8.74. The van der Waals surface area contributed by atoms with E-state index in [0.29, 0.717) is 6.04 Å². The molecule has 0 aliphatic carbocycles. The quantitative estimate of drug-likeness (QED) is 0.666. The Morgan fingerprint density at radius 2 is 2.33 bits per heavy atom. The van der Waals surface area contributed by atoms with Gasteiger partial charge in [0, 0.05) is 28.1 Å². The van der Waals surface area contributed by atoms with Crippen molar-refractivity contribution in [3.05, 3.63) is 21.8 Å². The lowest BCUT2D eigenvalue weighted by atomic mass is 10.2. The molecule has 0 amide bonds. The normalized spacial score (nSPS) is 20.5. The number of anilines is 2. The lowest BCUT2D eigenvalue weighted by Gasteiger charge is -2.27. The average Bonchev–Trinajstić information content (AvgIpc) is 2.69. The second-order valence-corrected chi connectivity index (χ2v) is 6.15. The van der Waals surface area contributed by atoms with E-state index in [1.807, 2.05) is 23.9 Å². The molecule has 0 radical (unpaired) electrons. The van der Waals surface area contributed by atoms with Gasteiger partial charge in [-0.1, -0.05) is 0 Å². The molecule has 1 unspecified atom stereocenters. The highest BCUT2D eigenvalue weighted by molar-refractivity contribution is 14.1. The summed E-state index contributed by atoms with van der Waals surface area (Å²) in [5.74, 6) is 2.54. The third-order valence-electron chi connectivity index (χ3n) is 2.81. The van der Waals surface area contributed by atoms with Crippen LogP contribution in [0.5, 0.6) is 0 Å². The first-order chi connectivity index (χ1) is 7.18. The van der Waals surface area contributed by atoms with E-state index in [4.69, 9.17) is 5.73 Å². The second kappa shape index (κ2) is 4.82. The molecular formula is C11H15IN2S. The molecule has 0 aromatic heterocycles. The molecule has 2 nitrogen and oxygen atoms in total. The van der Waals surface area contributed by atoms with E-state index >= 15 is 0 Å². The summed E-state index contributed by atoms with van der Waals surface area (Å²) in [6, 6.07) is 6.83. The first kappa shape index (κ1) is 11.4. The third kappa shape index (κ3) is 2.53. The number of thioether (sulfide) groups is 1. The number of benzene rings is 1. The maximum atomic E-state index is 5.75. The molecule has 1 aromatic rings. The van der Waals surface area contributed by atoms with Crippen molar-refractivity contribution in [3.8, 4) is 0 Å². The summed E-state index contributed by atoms with van der Waals surface area (Å²) in [5.41, 5.74) is 7.90. The smallest absolute Gasteiger partial charge is 0.0503 e. The van der Waals surface area contributed by atoms with Crippen molar-refractivity contribution in [2.24, 2.45) is 0 Å². The van der Waals surface area contributed by atoms with Crippen molar-refractivity contribution in [1.29, 1.82) is 0 Å². The molecule has 2 rings (SSSR count). The van der Waals surface area contributed by atoms with E-state index in [0.717, 1.165) is 5.69 Å². The maximum Gasteiger partial charge on any atom is 0.0503 e. The van der Waals surface area contributed by atoms with Crippen LogP contribution in [0.25, 0.3) is 0 Å². The second-order valence-electron chi connectivity index (χ2n) is 3.84. The molecule has 0 spiro atoms. The maximum absolute atomic E-state index is 5.75. The molecule has 1 saturated heterocycles. The Hall–Kier alpha value is -0.100. The monoisotopic (exact) mass is 334 g/mol. The first-order valence-electron chi connectivity index (χ1n) is 5.04. The number of nitrogens with two attached hydrogens (primary N) is 1. The lowest BCUT2D eigenvalue weighted by Crippen LogP contribution is -2.31. The topological polar surface area (TPSA) is 29.3 Å². The van der Waals surface area contributed by atoms with Gasteiger partial charge in [0.15, 0.2) is 0 Å². The van der Waals surface area contributed by atoms with Gasteiger partial charge in [-0.15, -0.1) is 0 Å². The molecule has 1 atom stereocenters. The molecule has 82 valence electrons. The Morgan fingerprint density at radius 1 is 1.53 bits per heavy atom. The lowest BCUT2D eigenvalue weighted by molar-refractivity contribution is 0.699. The van der Waals surface area contributed by atoms with Gasteiger partial charge in [-0.25, -0.2) is 0 Å². The van der Waals surface area contributed by atoms with E-state index < -0.39 is 0 Å². The number of hydrogen-bond acceptors (Lipinski definition) is 3. The van der Waals surface area contributed by atoms with Gasteiger partial charge >= 0.3 is 0 Å². The van der Waals surface area contributed by atoms with E-state index in [2.05, 4.69) is 40.6 Å². The summed E-state index contributed by atoms with van der Waals surface area (Å²) in [4.78, 5) is 2.39. The standard InChI is InChI=1S/C11H15IN2S/c1-14(9-4-5-15-7-9)11-3-2-8(13)6-10(11)12/h2-3,6,9H,4-5,7,13H2,1H3. The largest absolute Gasteiger partial charge is 0.399 e. The van der Waals surface area contributed by atoms with E-state index in [-0.39, 0.29) is 0 Å². The Kier molecular flexibility index (Phi) is 3.66. The highest BCUT2D eigenvalue weighted by Gasteiger charge is 2.21. The van der Waals surface area contributed by atoms with Gasteiger partial charge in [0.05, 0.1) is 5.69 Å². The van der Waals surface area contributed by atoms with Crippen LogP contribution in [0, 0.1) is 3.57 Å². The summed E-state index contributed by atoms with van der Waals surface area (Å²) in [6.45, 7) is 0. The minimum atomic E-state index is 0.687. The Morgan fingerprint density at radius 3 is 2.93 bits per heavy atom. The van der Waals surface area contributed by atoms with E-state index in [1.165, 1.54) is 27.2 Å². The van der Waals surface area contributed by atoms with Crippen molar-refractivity contribution >= 4 is 45.7 Å². The highest BCUT2D eigenvalue weighted by atomic mass is 127. The molecule has 1 aliphatic heterocycles. The van der Waals surface area contributed by atoms with Crippen molar-refractivity contribution in [1.82, 2.24) is 0 Å². The Balaban J connectivity index is 2.20. The van der Waals surface area contributed by atoms with Gasteiger partial charge in [0.1, 0.15) is 0 Å². The number of halogens is 1. The zero-order chi connectivity index (χ0) is 10.8. The fraction of sp³-hybridized carbons (Fsp3) is 0.455. The molecule has 2 N–H and O–H groups in total. The summed E-state index contributed by atoms with van der Waals surface area (Å²) in [5, 5.41) is 0. The van der Waals surface area contributed by atoms with Crippen molar-refractivity contribution < 1.29 is 0 Å². The molecule has 15 heavy (non-hydrogen) atoms. The summed E-state index contributed by atoms with van der Waals surface area (Å²) >= 11 is 4.40. The predicted octanol–water partition coefficient (Wildman–Crippen LogP) is 2.82. The van der Waals surface area contributed by atoms with Gasteiger partial charge in [0.25, 0.3) is 0 Å². The van der Waals surface area contributed by atoms with Crippen molar-refractivity contribution in [2.75, 3.05) is 29.2 Å². The Bertz CT molecular complexity index is 350. The number of rotatable bonds is 2. The van der Waals surface area contributed by atoms with Gasteiger partial charge in [-0.2, -0.15) is 11.8 Å². The molecule has 1 heterocycles. The molecule has 1 fully saturated rings. The van der Waals surface area contributed by atoms with Crippen molar-refractivity contribution in [3.63, 3.8) is 0 Å². The summed E-state index contributed by atoms with van der Waals surface area (Å²) in [6.07, 6.45) is 1.29. The van der Waals surface area contributed by atoms with Crippen LogP contribution in [0.3, 0.4) is 0 Å². The van der Waals surface area contributed by atoms with Crippen LogP contribution in [-0.2, 0) is 0 Å². The van der Waals surface area contributed by atoms with Crippen LogP contribution >= 0.6 is 34.4 Å². The van der Waals surface area contributed by atoms with Crippen LogP contribution in [0.4, 0.5) is 11.4 Å². The predicted molar refractivity (Wildman–Crippen MR) is 77.7 cm³/mol. The van der Waals surface area contributed by atoms with Crippen LogP contribution in [0.2, 0.25) is 0 Å². The van der Waals surface area contributed by atoms with Crippen LogP contribution in [0.1, 0.15) is 6.42 Å². The summed E-state index contributed by atoms with van der Waals surface area (Å²) in [7, 11) is 2.18. The molecule has 0 saturated carbocycles. The highest BCUT2D eigenvalue weighted by Crippen LogP contribution is 2.29. The SMILES string of the molecule is CN(c1ccc(N)cc1I)C1CCSC1. The first-order valence-corrected chi connectivity index (χ1v) is 7.27. The Labute approximate surface area is 109 Å². The van der Waals surface area contributed by atoms with Crippen LogP contribution < -0.4 is 10.6 Å². The third-order valence-corrected chi connectivity index (χ3v) is 4.81. The number of nitrogens with zero attached hydrogens (tertiary/aromatic N) is 1. The molecular weight excluding hydrogens is 319 g/mol. The van der Waals surface area contributed by atoms with Gasteiger partial charge < -0.3 is 10.6 Å². The molecule has 1 aromatic carbocycles. The van der Waals surface area contributed by atoms with Gasteiger partial charge in [-0.3, -0.25) is 0 Å². The number of hydrogen-bond donors (Lipinski definition) is 1. The molecule has 4 heteroatoms. The number of nitrogen functional groups attached to an aromatic ring is 1. The fourth-order valence-electron chi connectivity index (χ4n) is 1.83. The molecule has 1 aliphatic rings. The minimum Gasteiger partial charge on any atom is -0.399 e. The van der Waals surface area contributed by atoms with Crippen LogP contribution in [-0.4, -0.2) is 24.6 Å². The average molecular weight is 334 g/mol. The minimum absolute atomic E-state index is 0.687. The van der Waals surface area contributed by atoms with Crippen molar-refractivity contribution in [2.45, 2.75) is 12.5 Å². The van der Waals surface area contributed by atoms with E-state index in [9.17, 15) is 0 Å². The van der Waals surface area contributed by atoms with Gasteiger partial charge in [-0.05, 0) is 53.0 Å². The van der Waals surface area contributed by atoms with E-state index in [1.54, 1.807) is 0 Å². The van der Waals surface area contributed by atoms with Gasteiger partial charge in [0.2, 0.25) is 0 Å².